The van der Waals surface area contributed by atoms with Gasteiger partial charge in [-0.15, -0.1) is 0 Å². The molecule has 0 unspecified atom stereocenters. The van der Waals surface area contributed by atoms with Gasteiger partial charge in [0.2, 0.25) is 0 Å². The predicted molar refractivity (Wildman–Crippen MR) is 136 cm³/mol. The number of fused-ring (bicyclic) bond motifs is 2. The van der Waals surface area contributed by atoms with E-state index in [-0.39, 0.29) is 31.6 Å². The Morgan fingerprint density at radius 1 is 0.778 bits per heavy atom. The van der Waals surface area contributed by atoms with E-state index in [0.717, 1.165) is 45.1 Å². The number of hydrogen-bond acceptors (Lipinski definition) is 6. The number of aromatic nitrogens is 5. The van der Waals surface area contributed by atoms with Crippen molar-refractivity contribution in [2.75, 3.05) is 0 Å². The van der Waals surface area contributed by atoms with Crippen LogP contribution in [0.2, 0.25) is 0 Å². The van der Waals surface area contributed by atoms with E-state index in [1.807, 2.05) is 68.7 Å². The van der Waals surface area contributed by atoms with Gasteiger partial charge in [0.05, 0.1) is 27.8 Å². The summed E-state index contributed by atoms with van der Waals surface area (Å²) in [4.78, 5) is 24.4. The van der Waals surface area contributed by atoms with Gasteiger partial charge in [-0.3, -0.25) is 4.79 Å². The van der Waals surface area contributed by atoms with Crippen molar-refractivity contribution in [2.45, 2.75) is 13.8 Å². The molecule has 0 fully saturated rings. The number of allylic oxidation sites excluding steroid dienone is 2. The summed E-state index contributed by atoms with van der Waals surface area (Å²) in [6, 6.07) is 22.2. The van der Waals surface area contributed by atoms with E-state index in [4.69, 9.17) is 31.9 Å². The van der Waals surface area contributed by atoms with Crippen molar-refractivity contribution < 1.29 is 30.0 Å². The van der Waals surface area contributed by atoms with Crippen LogP contribution in [0.3, 0.4) is 0 Å². The van der Waals surface area contributed by atoms with Gasteiger partial charge in [0.1, 0.15) is 11.4 Å². The molecule has 0 aliphatic heterocycles. The quantitative estimate of drug-likeness (QED) is 0.160. The van der Waals surface area contributed by atoms with Gasteiger partial charge in [-0.1, -0.05) is 30.3 Å². The molecule has 3 aromatic heterocycles. The number of benzene rings is 2. The second-order valence-electron chi connectivity index (χ2n) is 7.77. The van der Waals surface area contributed by atoms with Crippen LogP contribution in [0.1, 0.15) is 13.8 Å². The maximum absolute atomic E-state index is 10.0. The van der Waals surface area contributed by atoms with E-state index >= 15 is 0 Å². The second-order valence-corrected chi connectivity index (χ2v) is 7.77. The zero-order chi connectivity index (χ0) is 25.5. The fourth-order valence-corrected chi connectivity index (χ4v) is 3.73. The number of pyridine rings is 1. The van der Waals surface area contributed by atoms with Crippen molar-refractivity contribution >= 4 is 27.9 Å². The zero-order valence-corrected chi connectivity index (χ0v) is 22.7. The number of aliphatic hydroxyl groups excluding tert-OH is 1. The molecular weight excluding hydrogens is 633 g/mol. The normalized spacial score (nSPS) is 10.6. The number of para-hydroxylation sites is 4. The Balaban J connectivity index is 0.000000399. The summed E-state index contributed by atoms with van der Waals surface area (Å²) in [5.74, 6) is 1.64. The first-order valence-corrected chi connectivity index (χ1v) is 10.8. The molecule has 9 heteroatoms. The van der Waals surface area contributed by atoms with Gasteiger partial charge in [-0.05, 0) is 50.2 Å². The Morgan fingerprint density at radius 2 is 1.19 bits per heavy atom. The number of nitrogens with zero attached hydrogens (tertiary/aromatic N) is 6. The molecule has 5 rings (SSSR count). The number of carbonyl (C=O) groups excluding carboxylic acids is 1. The summed E-state index contributed by atoms with van der Waals surface area (Å²) in [6.45, 7) is 7.60. The molecule has 0 atom stereocenters. The Bertz CT molecular complexity index is 1450. The standard InChI is InChI=1S/C21H17N5.C5H8O2.CN.Ir/c1-25-18-12-5-3-8-14(18)23-20(25)16-10-7-11-17(22-16)21-24-15-9-4-6-13-19(15)26(21)2;1-4(6)3-5(2)7;1-2;/h3-13H,1-2H3;3,6H,1-2H3;;/q;;-1;/b;4-3-;;. The fourth-order valence-electron chi connectivity index (χ4n) is 3.73. The van der Waals surface area contributed by atoms with Crippen molar-refractivity contribution in [3.05, 3.63) is 85.1 Å². The van der Waals surface area contributed by atoms with Crippen LogP contribution in [0, 0.1) is 11.8 Å². The van der Waals surface area contributed by atoms with Crippen LogP contribution in [0.5, 0.6) is 0 Å². The molecule has 36 heavy (non-hydrogen) atoms. The molecule has 2 aromatic carbocycles. The largest absolute Gasteiger partial charge is 0.512 e. The molecule has 0 aliphatic rings. The third kappa shape index (κ3) is 6.11. The van der Waals surface area contributed by atoms with Crippen LogP contribution in [-0.2, 0) is 39.0 Å². The molecular formula is C27H25IrN6O2-. The van der Waals surface area contributed by atoms with Crippen molar-refractivity contribution in [1.29, 1.82) is 5.26 Å². The minimum Gasteiger partial charge on any atom is -0.512 e. The SMILES string of the molecule is CC(=O)/C=C(/C)O.Cn1c(-c2cccc(-c3nc4ccccc4n3C)n2)nc2ccccc21.[C-]#N.[Ir]. The molecule has 1 radical (unpaired) electrons. The van der Waals surface area contributed by atoms with Gasteiger partial charge < -0.3 is 26.1 Å². The minimum absolute atomic E-state index is 0. The smallest absolute Gasteiger partial charge is 0.159 e. The third-order valence-electron chi connectivity index (χ3n) is 5.19. The fraction of sp³-hybridized carbons (Fsp3) is 0.148. The molecule has 0 saturated heterocycles. The number of rotatable bonds is 3. The van der Waals surface area contributed by atoms with E-state index < -0.39 is 0 Å². The number of aryl methyl sites for hydroxylation is 2. The molecule has 8 nitrogen and oxygen atoms in total. The molecule has 0 saturated carbocycles. The summed E-state index contributed by atoms with van der Waals surface area (Å²) < 4.78 is 4.16. The van der Waals surface area contributed by atoms with E-state index in [0.29, 0.717) is 0 Å². The monoisotopic (exact) mass is 658 g/mol. The molecule has 1 N–H and O–H groups in total. The van der Waals surface area contributed by atoms with Crippen LogP contribution in [-0.4, -0.2) is 35.0 Å². The van der Waals surface area contributed by atoms with Crippen molar-refractivity contribution in [2.24, 2.45) is 14.1 Å². The summed E-state index contributed by atoms with van der Waals surface area (Å²) in [5.41, 5.74) is 5.82. The van der Waals surface area contributed by atoms with Gasteiger partial charge in [0.15, 0.2) is 17.4 Å². The topological polar surface area (TPSA) is 110 Å². The van der Waals surface area contributed by atoms with Crippen LogP contribution in [0.4, 0.5) is 0 Å². The molecule has 5 aromatic rings. The van der Waals surface area contributed by atoms with Crippen molar-refractivity contribution in [1.82, 2.24) is 24.1 Å². The molecule has 185 valence electrons. The number of imidazole rings is 2. The Labute approximate surface area is 222 Å². The van der Waals surface area contributed by atoms with Crippen LogP contribution >= 0.6 is 0 Å². The number of hydrogen-bond donors (Lipinski definition) is 1. The number of aliphatic hydroxyl groups is 1. The van der Waals surface area contributed by atoms with Gasteiger partial charge in [0, 0.05) is 40.3 Å². The van der Waals surface area contributed by atoms with Gasteiger partial charge in [0.25, 0.3) is 0 Å². The van der Waals surface area contributed by atoms with Crippen LogP contribution in [0.25, 0.3) is 45.1 Å². The molecule has 0 spiro atoms. The van der Waals surface area contributed by atoms with E-state index in [1.165, 1.54) is 19.9 Å². The van der Waals surface area contributed by atoms with E-state index in [2.05, 4.69) is 21.3 Å². The van der Waals surface area contributed by atoms with Gasteiger partial charge >= 0.3 is 0 Å². The summed E-state index contributed by atoms with van der Waals surface area (Å²) >= 11 is 0. The first kappa shape index (κ1) is 28.1. The maximum atomic E-state index is 10.0. The van der Waals surface area contributed by atoms with Crippen LogP contribution < -0.4 is 0 Å². The van der Waals surface area contributed by atoms with E-state index in [1.54, 1.807) is 0 Å². The Hall–Kier alpha value is -4.12. The first-order chi connectivity index (χ1) is 16.8. The Morgan fingerprint density at radius 3 is 1.53 bits per heavy atom. The number of carbonyl (C=O) groups is 1. The molecule has 3 heterocycles. The van der Waals surface area contributed by atoms with Crippen molar-refractivity contribution in [3.63, 3.8) is 0 Å². The predicted octanol–water partition coefficient (Wildman–Crippen LogP) is 5.32. The van der Waals surface area contributed by atoms with Crippen molar-refractivity contribution in [3.8, 4) is 23.0 Å². The molecule has 0 amide bonds. The van der Waals surface area contributed by atoms with Gasteiger partial charge in [-0.2, -0.15) is 0 Å². The second kappa shape index (κ2) is 12.5. The Kier molecular flexibility index (Phi) is 9.80. The summed E-state index contributed by atoms with van der Waals surface area (Å²) in [5, 5.41) is 14.6. The van der Waals surface area contributed by atoms with Crippen LogP contribution in [0.15, 0.2) is 78.6 Å². The summed E-state index contributed by atoms with van der Waals surface area (Å²) in [7, 11) is 4.04. The molecule has 0 aliphatic carbocycles. The zero-order valence-electron chi connectivity index (χ0n) is 20.3. The van der Waals surface area contributed by atoms with E-state index in [9.17, 15) is 4.79 Å². The summed E-state index contributed by atoms with van der Waals surface area (Å²) in [6.07, 6.45) is 1.17. The van der Waals surface area contributed by atoms with Gasteiger partial charge in [-0.25, -0.2) is 15.0 Å². The molecule has 0 bridgehead atoms. The minimum atomic E-state index is -0.125. The average molecular weight is 658 g/mol. The third-order valence-corrected chi connectivity index (χ3v) is 5.19. The average Bonchev–Trinajstić information content (AvgIpc) is 3.37. The number of ketones is 1. The first-order valence-electron chi connectivity index (χ1n) is 10.8. The maximum Gasteiger partial charge on any atom is 0.159 e.